The third-order valence-electron chi connectivity index (χ3n) is 1.63. The molecule has 0 aromatic rings. The van der Waals surface area contributed by atoms with E-state index in [9.17, 15) is 0 Å². The molecule has 1 unspecified atom stereocenters. The molecule has 1 atom stereocenters. The fourth-order valence-corrected chi connectivity index (χ4v) is 1.12. The summed E-state index contributed by atoms with van der Waals surface area (Å²) in [6.07, 6.45) is 1.26. The predicted molar refractivity (Wildman–Crippen MR) is 52.9 cm³/mol. The van der Waals surface area contributed by atoms with Gasteiger partial charge in [-0.1, -0.05) is 6.04 Å². The number of rotatable bonds is 8. The summed E-state index contributed by atoms with van der Waals surface area (Å²) >= 11 is 0. The van der Waals surface area contributed by atoms with E-state index in [0.717, 1.165) is 6.61 Å². The first-order valence-corrected chi connectivity index (χ1v) is 5.86. The summed E-state index contributed by atoms with van der Waals surface area (Å²) in [5, 5.41) is 0. The van der Waals surface area contributed by atoms with Crippen LogP contribution in [-0.4, -0.2) is 50.4 Å². The Balaban J connectivity index is 3.19. The first kappa shape index (κ1) is 12.1. The van der Waals surface area contributed by atoms with Crippen LogP contribution in [0.25, 0.3) is 0 Å². The molecular weight excluding hydrogens is 172 g/mol. The Bertz CT molecular complexity index is 90.4. The topological polar surface area (TPSA) is 27.7 Å². The number of ether oxygens (including phenoxy) is 3. The fraction of sp³-hybridized carbons (Fsp3) is 1.00. The van der Waals surface area contributed by atoms with Crippen molar-refractivity contribution in [2.45, 2.75) is 18.6 Å². The summed E-state index contributed by atoms with van der Waals surface area (Å²) in [5.41, 5.74) is 0. The quantitative estimate of drug-likeness (QED) is 0.395. The third-order valence-corrected chi connectivity index (χ3v) is 2.34. The van der Waals surface area contributed by atoms with E-state index in [-0.39, 0.29) is 6.10 Å². The van der Waals surface area contributed by atoms with Crippen molar-refractivity contribution < 1.29 is 14.2 Å². The van der Waals surface area contributed by atoms with Crippen LogP contribution in [-0.2, 0) is 14.2 Å². The minimum Gasteiger partial charge on any atom is -0.382 e. The van der Waals surface area contributed by atoms with Crippen LogP contribution in [0.2, 0.25) is 6.04 Å². The molecule has 0 saturated heterocycles. The molecule has 0 aliphatic carbocycles. The van der Waals surface area contributed by atoms with Gasteiger partial charge < -0.3 is 14.2 Å². The SMILES string of the molecule is COCC(COCCC[SiH3])OC. The smallest absolute Gasteiger partial charge is 0.104 e. The van der Waals surface area contributed by atoms with Crippen molar-refractivity contribution in [1.82, 2.24) is 0 Å². The van der Waals surface area contributed by atoms with Crippen LogP contribution in [0.1, 0.15) is 6.42 Å². The van der Waals surface area contributed by atoms with Crippen LogP contribution >= 0.6 is 0 Å². The van der Waals surface area contributed by atoms with Crippen molar-refractivity contribution in [1.29, 1.82) is 0 Å². The molecule has 0 aliphatic rings. The van der Waals surface area contributed by atoms with Gasteiger partial charge in [-0.25, -0.2) is 0 Å². The zero-order valence-electron chi connectivity index (χ0n) is 8.34. The predicted octanol–water partition coefficient (Wildman–Crippen LogP) is -0.162. The molecule has 0 heterocycles. The Morgan fingerprint density at radius 2 is 2.00 bits per heavy atom. The average Bonchev–Trinajstić information content (AvgIpc) is 2.10. The van der Waals surface area contributed by atoms with Gasteiger partial charge in [-0.3, -0.25) is 0 Å². The van der Waals surface area contributed by atoms with E-state index >= 15 is 0 Å². The molecule has 0 rings (SSSR count). The summed E-state index contributed by atoms with van der Waals surface area (Å²) in [6.45, 7) is 2.11. The zero-order chi connectivity index (χ0) is 9.23. The summed E-state index contributed by atoms with van der Waals surface area (Å²) in [7, 11) is 4.62. The van der Waals surface area contributed by atoms with Crippen LogP contribution in [0.4, 0.5) is 0 Å². The van der Waals surface area contributed by atoms with E-state index in [2.05, 4.69) is 0 Å². The lowest BCUT2D eigenvalue weighted by molar-refractivity contribution is -0.0300. The van der Waals surface area contributed by atoms with Crippen LogP contribution in [0.3, 0.4) is 0 Å². The maximum atomic E-state index is 5.40. The van der Waals surface area contributed by atoms with E-state index in [4.69, 9.17) is 14.2 Å². The highest BCUT2D eigenvalue weighted by atomic mass is 28.1. The largest absolute Gasteiger partial charge is 0.382 e. The number of hydrogen-bond acceptors (Lipinski definition) is 3. The molecule has 3 nitrogen and oxygen atoms in total. The second-order valence-corrected chi connectivity index (χ2v) is 3.74. The van der Waals surface area contributed by atoms with Crippen LogP contribution in [0.15, 0.2) is 0 Å². The third kappa shape index (κ3) is 6.79. The molecule has 74 valence electrons. The minimum absolute atomic E-state index is 0.0871. The van der Waals surface area contributed by atoms with Gasteiger partial charge >= 0.3 is 0 Å². The van der Waals surface area contributed by atoms with Gasteiger partial charge in [-0.05, 0) is 6.42 Å². The van der Waals surface area contributed by atoms with E-state index in [1.54, 1.807) is 14.2 Å². The summed E-state index contributed by atoms with van der Waals surface area (Å²) in [4.78, 5) is 0. The second kappa shape index (κ2) is 9.19. The van der Waals surface area contributed by atoms with Crippen molar-refractivity contribution in [3.8, 4) is 0 Å². The molecule has 4 heteroatoms. The molecular formula is C8H20O3Si. The molecule has 0 spiro atoms. The summed E-state index contributed by atoms with van der Waals surface area (Å²) in [6, 6.07) is 1.31. The van der Waals surface area contributed by atoms with E-state index in [1.165, 1.54) is 22.7 Å². The number of methoxy groups -OCH3 is 2. The highest BCUT2D eigenvalue weighted by molar-refractivity contribution is 6.08. The summed E-state index contributed by atoms with van der Waals surface area (Å²) in [5.74, 6) is 0. The van der Waals surface area contributed by atoms with Crippen molar-refractivity contribution in [2.75, 3.05) is 34.0 Å². The van der Waals surface area contributed by atoms with Gasteiger partial charge in [-0.15, -0.1) is 0 Å². The second-order valence-electron chi connectivity index (χ2n) is 2.74. The lowest BCUT2D eigenvalue weighted by atomic mass is 10.4. The molecule has 0 radical (unpaired) electrons. The maximum absolute atomic E-state index is 5.40. The monoisotopic (exact) mass is 192 g/mol. The molecule has 0 fully saturated rings. The zero-order valence-corrected chi connectivity index (χ0v) is 10.3. The van der Waals surface area contributed by atoms with Crippen molar-refractivity contribution >= 4 is 10.2 Å². The normalized spacial score (nSPS) is 13.5. The minimum atomic E-state index is 0.0871. The number of hydrogen-bond donors (Lipinski definition) is 0. The Morgan fingerprint density at radius 3 is 2.50 bits per heavy atom. The standard InChI is InChI=1S/C8H20O3Si/c1-9-6-8(10-2)7-11-4-3-5-12/h8H,3-7H2,1-2,12H3. The molecule has 0 aromatic carbocycles. The van der Waals surface area contributed by atoms with Crippen LogP contribution in [0, 0.1) is 0 Å². The molecule has 0 bridgehead atoms. The van der Waals surface area contributed by atoms with Crippen molar-refractivity contribution in [3.05, 3.63) is 0 Å². The van der Waals surface area contributed by atoms with E-state index in [1.807, 2.05) is 0 Å². The Hall–Kier alpha value is 0.0969. The molecule has 0 saturated carbocycles. The lowest BCUT2D eigenvalue weighted by Crippen LogP contribution is -2.23. The van der Waals surface area contributed by atoms with Gasteiger partial charge in [0.1, 0.15) is 6.10 Å². The molecule has 0 N–H and O–H groups in total. The van der Waals surface area contributed by atoms with Crippen molar-refractivity contribution in [2.24, 2.45) is 0 Å². The van der Waals surface area contributed by atoms with Gasteiger partial charge in [0.05, 0.1) is 13.2 Å². The maximum Gasteiger partial charge on any atom is 0.104 e. The summed E-state index contributed by atoms with van der Waals surface area (Å²) < 4.78 is 15.5. The molecule has 0 aromatic heterocycles. The molecule has 0 aliphatic heterocycles. The molecule has 12 heavy (non-hydrogen) atoms. The van der Waals surface area contributed by atoms with E-state index in [0.29, 0.717) is 13.2 Å². The first-order valence-electron chi connectivity index (χ1n) is 4.44. The lowest BCUT2D eigenvalue weighted by Gasteiger charge is -2.13. The fourth-order valence-electron chi connectivity index (χ4n) is 0.831. The highest BCUT2D eigenvalue weighted by Gasteiger charge is 2.05. The van der Waals surface area contributed by atoms with Crippen LogP contribution < -0.4 is 0 Å². The average molecular weight is 192 g/mol. The highest BCUT2D eigenvalue weighted by Crippen LogP contribution is 1.94. The van der Waals surface area contributed by atoms with Gasteiger partial charge in [0.15, 0.2) is 0 Å². The van der Waals surface area contributed by atoms with Gasteiger partial charge in [-0.2, -0.15) is 0 Å². The van der Waals surface area contributed by atoms with E-state index < -0.39 is 0 Å². The Kier molecular flexibility index (Phi) is 9.26. The first-order chi connectivity index (χ1) is 5.85. The van der Waals surface area contributed by atoms with Crippen molar-refractivity contribution in [3.63, 3.8) is 0 Å². The van der Waals surface area contributed by atoms with Crippen LogP contribution in [0.5, 0.6) is 0 Å². The van der Waals surface area contributed by atoms with Gasteiger partial charge in [0, 0.05) is 31.1 Å². The van der Waals surface area contributed by atoms with Gasteiger partial charge in [0.25, 0.3) is 0 Å². The Morgan fingerprint density at radius 1 is 1.25 bits per heavy atom. The Labute approximate surface area is 77.8 Å². The van der Waals surface area contributed by atoms with Gasteiger partial charge in [0.2, 0.25) is 0 Å². The molecule has 0 amide bonds.